The summed E-state index contributed by atoms with van der Waals surface area (Å²) in [6.07, 6.45) is 0.638. The third-order valence-corrected chi connectivity index (χ3v) is 6.58. The summed E-state index contributed by atoms with van der Waals surface area (Å²) < 4.78 is 13.4. The van der Waals surface area contributed by atoms with Crippen molar-refractivity contribution in [1.29, 1.82) is 0 Å². The molecule has 158 valence electrons. The first-order chi connectivity index (χ1) is 14.2. The summed E-state index contributed by atoms with van der Waals surface area (Å²) in [5, 5.41) is 18.8. The van der Waals surface area contributed by atoms with E-state index in [9.17, 15) is 14.3 Å². The van der Waals surface area contributed by atoms with Gasteiger partial charge < -0.3 is 10.0 Å². The van der Waals surface area contributed by atoms with Crippen molar-refractivity contribution in [2.75, 3.05) is 13.2 Å². The second-order valence-electron chi connectivity index (χ2n) is 7.93. The third kappa shape index (κ3) is 3.47. The zero-order chi connectivity index (χ0) is 21.6. The monoisotopic (exact) mass is 449 g/mol. The van der Waals surface area contributed by atoms with E-state index >= 15 is 0 Å². The summed E-state index contributed by atoms with van der Waals surface area (Å²) in [5.41, 5.74) is 2.17. The van der Waals surface area contributed by atoms with Crippen molar-refractivity contribution in [2.45, 2.75) is 38.3 Å². The van der Waals surface area contributed by atoms with Crippen molar-refractivity contribution in [3.05, 3.63) is 62.8 Å². The zero-order valence-electron chi connectivity index (χ0n) is 16.7. The largest absolute Gasteiger partial charge is 0.383 e. The fraction of sp³-hybridized carbons (Fsp3) is 0.364. The lowest BCUT2D eigenvalue weighted by Crippen LogP contribution is -2.41. The number of hydrogen-bond donors (Lipinski definition) is 2. The van der Waals surface area contributed by atoms with Crippen LogP contribution in [0.15, 0.2) is 30.3 Å². The average molecular weight is 450 g/mol. The molecule has 1 unspecified atom stereocenters. The number of carbonyl (C=O) groups is 1. The molecule has 2 aromatic carbocycles. The summed E-state index contributed by atoms with van der Waals surface area (Å²) in [6, 6.07) is 8.73. The minimum absolute atomic E-state index is 0.0810. The molecule has 3 aromatic rings. The predicted molar refractivity (Wildman–Crippen MR) is 116 cm³/mol. The number of amides is 1. The Kier molecular flexibility index (Phi) is 5.51. The number of aromatic amines is 1. The van der Waals surface area contributed by atoms with Crippen LogP contribution in [-0.4, -0.2) is 39.3 Å². The van der Waals surface area contributed by atoms with Gasteiger partial charge in [0.05, 0.1) is 18.0 Å². The molecule has 2 N–H and O–H groups in total. The normalized spacial score (nSPS) is 18.3. The number of rotatable bonds is 4. The molecule has 5 nitrogen and oxygen atoms in total. The van der Waals surface area contributed by atoms with Gasteiger partial charge >= 0.3 is 0 Å². The highest BCUT2D eigenvalue weighted by Gasteiger charge is 2.34. The Morgan fingerprint density at radius 3 is 2.87 bits per heavy atom. The van der Waals surface area contributed by atoms with Crippen LogP contribution in [0.25, 0.3) is 10.9 Å². The van der Waals surface area contributed by atoms with Crippen LogP contribution in [-0.2, 0) is 23.2 Å². The topological polar surface area (TPSA) is 69.2 Å². The number of fused-ring (bicyclic) bond motifs is 2. The van der Waals surface area contributed by atoms with E-state index in [4.69, 9.17) is 23.2 Å². The molecule has 30 heavy (non-hydrogen) atoms. The Morgan fingerprint density at radius 2 is 2.13 bits per heavy atom. The number of carbonyl (C=O) groups excluding carboxylic acids is 1. The molecular formula is C22H22Cl2FN3O2. The lowest BCUT2D eigenvalue weighted by molar-refractivity contribution is -0.133. The van der Waals surface area contributed by atoms with Crippen molar-refractivity contribution in [3.8, 4) is 0 Å². The Labute approximate surface area is 183 Å². The van der Waals surface area contributed by atoms with E-state index in [-0.39, 0.29) is 18.4 Å². The van der Waals surface area contributed by atoms with Crippen LogP contribution in [0.2, 0.25) is 10.2 Å². The van der Waals surface area contributed by atoms with Gasteiger partial charge in [-0.05, 0) is 54.7 Å². The highest BCUT2D eigenvalue weighted by molar-refractivity contribution is 6.37. The number of nitrogens with zero attached hydrogens (tertiary/aromatic N) is 2. The molecule has 0 fully saturated rings. The summed E-state index contributed by atoms with van der Waals surface area (Å²) >= 11 is 12.6. The van der Waals surface area contributed by atoms with Gasteiger partial charge in [-0.1, -0.05) is 41.4 Å². The molecule has 0 saturated carbocycles. The molecule has 2 heterocycles. The molecule has 0 spiro atoms. The molecule has 4 rings (SSSR count). The lowest BCUT2D eigenvalue weighted by atomic mass is 9.83. The predicted octanol–water partition coefficient (Wildman–Crippen LogP) is 4.74. The van der Waals surface area contributed by atoms with Gasteiger partial charge in [0.15, 0.2) is 0 Å². The minimum atomic E-state index is -1.54. The Bertz CT molecular complexity index is 1130. The Hall–Kier alpha value is -2.15. The zero-order valence-corrected chi connectivity index (χ0v) is 18.2. The molecule has 1 aliphatic heterocycles. The second-order valence-corrected chi connectivity index (χ2v) is 8.71. The molecule has 1 aliphatic rings. The van der Waals surface area contributed by atoms with Gasteiger partial charge in [-0.3, -0.25) is 9.89 Å². The molecule has 0 saturated heterocycles. The number of halogens is 3. The molecule has 0 bridgehead atoms. The summed E-state index contributed by atoms with van der Waals surface area (Å²) in [7, 11) is 0. The van der Waals surface area contributed by atoms with E-state index in [2.05, 4.69) is 10.2 Å². The van der Waals surface area contributed by atoms with E-state index in [1.807, 2.05) is 13.0 Å². The van der Waals surface area contributed by atoms with Crippen LogP contribution in [0.4, 0.5) is 4.39 Å². The fourth-order valence-electron chi connectivity index (χ4n) is 4.33. The first-order valence-electron chi connectivity index (χ1n) is 9.75. The minimum Gasteiger partial charge on any atom is -0.383 e. The molecular weight excluding hydrogens is 428 g/mol. The number of hydrogen-bond acceptors (Lipinski definition) is 3. The molecule has 0 aliphatic carbocycles. The molecule has 2 atom stereocenters. The molecule has 1 amide bonds. The number of benzene rings is 2. The molecule has 0 radical (unpaired) electrons. The number of alkyl halides is 1. The maximum Gasteiger partial charge on any atom is 0.227 e. The van der Waals surface area contributed by atoms with E-state index < -0.39 is 12.3 Å². The van der Waals surface area contributed by atoms with Crippen LogP contribution in [0.1, 0.15) is 42.1 Å². The maximum atomic E-state index is 13.4. The van der Waals surface area contributed by atoms with Gasteiger partial charge in [0.25, 0.3) is 0 Å². The molecule has 1 aromatic heterocycles. The number of nitrogens with one attached hydrogen (secondary N) is 1. The number of aromatic nitrogens is 2. The van der Waals surface area contributed by atoms with Crippen LogP contribution in [0.3, 0.4) is 0 Å². The van der Waals surface area contributed by atoms with Gasteiger partial charge in [-0.2, -0.15) is 5.10 Å². The van der Waals surface area contributed by atoms with Crippen LogP contribution < -0.4 is 0 Å². The van der Waals surface area contributed by atoms with E-state index in [0.29, 0.717) is 45.2 Å². The van der Waals surface area contributed by atoms with Crippen LogP contribution in [0.5, 0.6) is 0 Å². The van der Waals surface area contributed by atoms with E-state index in [0.717, 1.165) is 11.1 Å². The van der Waals surface area contributed by atoms with Gasteiger partial charge in [-0.25, -0.2) is 4.39 Å². The van der Waals surface area contributed by atoms with Crippen LogP contribution in [0, 0.1) is 0 Å². The summed E-state index contributed by atoms with van der Waals surface area (Å²) in [6.45, 7) is 3.02. The highest BCUT2D eigenvalue weighted by Crippen LogP contribution is 2.37. The van der Waals surface area contributed by atoms with Crippen molar-refractivity contribution >= 4 is 40.0 Å². The van der Waals surface area contributed by atoms with Crippen molar-refractivity contribution < 1.29 is 14.3 Å². The van der Waals surface area contributed by atoms with Gasteiger partial charge in [0, 0.05) is 17.0 Å². The van der Waals surface area contributed by atoms with Crippen LogP contribution >= 0.6 is 23.2 Å². The summed E-state index contributed by atoms with van der Waals surface area (Å²) in [4.78, 5) is 15.0. The van der Waals surface area contributed by atoms with Crippen molar-refractivity contribution in [1.82, 2.24) is 15.1 Å². The Morgan fingerprint density at radius 1 is 1.37 bits per heavy atom. The van der Waals surface area contributed by atoms with E-state index in [1.165, 1.54) is 6.92 Å². The average Bonchev–Trinajstić information content (AvgIpc) is 3.11. The quantitative estimate of drug-likeness (QED) is 0.604. The maximum absolute atomic E-state index is 13.4. The lowest BCUT2D eigenvalue weighted by Gasteiger charge is -2.38. The smallest absolute Gasteiger partial charge is 0.227 e. The molecule has 8 heteroatoms. The van der Waals surface area contributed by atoms with Gasteiger partial charge in [0.2, 0.25) is 5.91 Å². The Balaban J connectivity index is 1.65. The van der Waals surface area contributed by atoms with Crippen molar-refractivity contribution in [2.24, 2.45) is 0 Å². The van der Waals surface area contributed by atoms with Crippen molar-refractivity contribution in [3.63, 3.8) is 0 Å². The standard InChI is InChI=1S/C22H22Cl2FN3O2/c1-12-13-4-3-5-16(22(2,30)11-25)14(13)8-9-28(12)19(29)10-15-17(23)6-7-18-20(15)21(24)27-26-18/h3-7,12,30H,8-11H2,1-2H3,(H,26,27)/t12-,22?/m0/s1. The highest BCUT2D eigenvalue weighted by atomic mass is 35.5. The fourth-order valence-corrected chi connectivity index (χ4v) is 4.80. The number of H-pyrrole nitrogens is 1. The summed E-state index contributed by atoms with van der Waals surface area (Å²) in [5.74, 6) is -0.0810. The van der Waals surface area contributed by atoms with Gasteiger partial charge in [0.1, 0.15) is 17.4 Å². The van der Waals surface area contributed by atoms with Gasteiger partial charge in [-0.15, -0.1) is 0 Å². The first-order valence-corrected chi connectivity index (χ1v) is 10.5. The second kappa shape index (κ2) is 7.84. The van der Waals surface area contributed by atoms with E-state index in [1.54, 1.807) is 29.2 Å². The number of aliphatic hydroxyl groups is 1. The SMILES string of the molecule is C[C@H]1c2cccc(C(C)(O)CF)c2CCN1C(=O)Cc1c(Cl)ccc2n[nH]c(Cl)c12. The first kappa shape index (κ1) is 21.1. The third-order valence-electron chi connectivity index (χ3n) is 5.95.